The van der Waals surface area contributed by atoms with Crippen LogP contribution in [-0.4, -0.2) is 4.98 Å². The summed E-state index contributed by atoms with van der Waals surface area (Å²) in [6.07, 6.45) is 1.77. The van der Waals surface area contributed by atoms with E-state index in [1.165, 1.54) is 0 Å². The number of hydrogen-bond acceptors (Lipinski definition) is 1. The van der Waals surface area contributed by atoms with Crippen molar-refractivity contribution in [2.75, 3.05) is 0 Å². The first-order chi connectivity index (χ1) is 4.75. The zero-order chi connectivity index (χ0) is 7.56. The Morgan fingerprint density at radius 2 is 2.10 bits per heavy atom. The zero-order valence-electron chi connectivity index (χ0n) is 4.94. The Balaban J connectivity index is 3.14. The Morgan fingerprint density at radius 3 is 2.60 bits per heavy atom. The SMILES string of the molecule is BrCc1nccc(Br)c1Br. The van der Waals surface area contributed by atoms with Gasteiger partial charge in [-0.1, -0.05) is 15.9 Å². The zero-order valence-corrected chi connectivity index (χ0v) is 9.70. The van der Waals surface area contributed by atoms with Gasteiger partial charge in [-0.3, -0.25) is 4.98 Å². The summed E-state index contributed by atoms with van der Waals surface area (Å²) in [5, 5.41) is 0.771. The first kappa shape index (κ1) is 8.68. The summed E-state index contributed by atoms with van der Waals surface area (Å²) in [7, 11) is 0. The maximum absolute atomic E-state index is 4.13. The number of rotatable bonds is 1. The third-order valence-electron chi connectivity index (χ3n) is 1.04. The lowest BCUT2D eigenvalue weighted by atomic mass is 10.4. The van der Waals surface area contributed by atoms with Crippen molar-refractivity contribution in [3.05, 3.63) is 26.9 Å². The Kier molecular flexibility index (Phi) is 3.33. The van der Waals surface area contributed by atoms with E-state index in [4.69, 9.17) is 0 Å². The van der Waals surface area contributed by atoms with E-state index in [1.54, 1.807) is 6.20 Å². The lowest BCUT2D eigenvalue weighted by molar-refractivity contribution is 1.15. The second-order valence-corrected chi connectivity index (χ2v) is 3.90. The van der Waals surface area contributed by atoms with Crippen LogP contribution in [0, 0.1) is 0 Å². The number of alkyl halides is 1. The molecule has 1 aromatic heterocycles. The summed E-state index contributed by atoms with van der Waals surface area (Å²) < 4.78 is 2.06. The van der Waals surface area contributed by atoms with Crippen molar-refractivity contribution in [1.82, 2.24) is 4.98 Å². The van der Waals surface area contributed by atoms with E-state index in [0.29, 0.717) is 0 Å². The first-order valence-corrected chi connectivity index (χ1v) is 5.31. The fourth-order valence-corrected chi connectivity index (χ4v) is 2.08. The second kappa shape index (κ2) is 3.83. The predicted molar refractivity (Wildman–Crippen MR) is 52.3 cm³/mol. The summed E-state index contributed by atoms with van der Waals surface area (Å²) in [5.74, 6) is 0. The van der Waals surface area contributed by atoms with Crippen LogP contribution in [0.3, 0.4) is 0 Å². The summed E-state index contributed by atoms with van der Waals surface area (Å²) in [6.45, 7) is 0. The smallest absolute Gasteiger partial charge is 0.0662 e. The van der Waals surface area contributed by atoms with E-state index < -0.39 is 0 Å². The van der Waals surface area contributed by atoms with Gasteiger partial charge in [-0.05, 0) is 37.9 Å². The third-order valence-corrected chi connectivity index (χ3v) is 3.65. The van der Waals surface area contributed by atoms with Gasteiger partial charge in [0.2, 0.25) is 0 Å². The topological polar surface area (TPSA) is 12.9 Å². The van der Waals surface area contributed by atoms with Gasteiger partial charge in [-0.2, -0.15) is 0 Å². The third kappa shape index (κ3) is 1.80. The molecule has 54 valence electrons. The normalized spacial score (nSPS) is 9.90. The van der Waals surface area contributed by atoms with Crippen LogP contribution in [0.4, 0.5) is 0 Å². The van der Waals surface area contributed by atoms with Crippen molar-refractivity contribution in [3.8, 4) is 0 Å². The van der Waals surface area contributed by atoms with Crippen LogP contribution >= 0.6 is 47.8 Å². The molecule has 0 N–H and O–H groups in total. The molecule has 0 radical (unpaired) electrons. The van der Waals surface area contributed by atoms with Gasteiger partial charge in [-0.15, -0.1) is 0 Å². The molecule has 1 aromatic rings. The standard InChI is InChI=1S/C6H4Br3N/c7-3-5-6(9)4(8)1-2-10-5/h1-2H,3H2. The molecule has 1 nitrogen and oxygen atoms in total. The number of aromatic nitrogens is 1. The molecule has 0 amide bonds. The van der Waals surface area contributed by atoms with Crippen molar-refractivity contribution in [3.63, 3.8) is 0 Å². The van der Waals surface area contributed by atoms with E-state index >= 15 is 0 Å². The summed E-state index contributed by atoms with van der Waals surface area (Å²) in [5.41, 5.74) is 1.01. The molecule has 1 heterocycles. The van der Waals surface area contributed by atoms with Crippen LogP contribution in [0.5, 0.6) is 0 Å². The van der Waals surface area contributed by atoms with Crippen LogP contribution in [-0.2, 0) is 5.33 Å². The molecule has 0 saturated carbocycles. The highest BCUT2D eigenvalue weighted by Gasteiger charge is 2.01. The minimum absolute atomic E-state index is 0.771. The molecular weight excluding hydrogens is 326 g/mol. The molecule has 0 aliphatic carbocycles. The molecule has 4 heteroatoms. The van der Waals surface area contributed by atoms with Crippen LogP contribution in [0.2, 0.25) is 0 Å². The highest BCUT2D eigenvalue weighted by Crippen LogP contribution is 2.25. The minimum atomic E-state index is 0.771. The van der Waals surface area contributed by atoms with Gasteiger partial charge in [0.15, 0.2) is 0 Å². The Bertz CT molecular complexity index is 236. The van der Waals surface area contributed by atoms with Crippen LogP contribution in [0.1, 0.15) is 5.69 Å². The molecule has 0 aliphatic heterocycles. The van der Waals surface area contributed by atoms with Gasteiger partial charge in [0.05, 0.1) is 10.2 Å². The van der Waals surface area contributed by atoms with Gasteiger partial charge in [0.1, 0.15) is 0 Å². The fourth-order valence-electron chi connectivity index (χ4n) is 0.554. The van der Waals surface area contributed by atoms with Gasteiger partial charge in [0.25, 0.3) is 0 Å². The molecule has 0 aromatic carbocycles. The molecule has 0 spiro atoms. The second-order valence-electron chi connectivity index (χ2n) is 1.69. The lowest BCUT2D eigenvalue weighted by Crippen LogP contribution is -1.85. The van der Waals surface area contributed by atoms with Crippen LogP contribution < -0.4 is 0 Å². The average molecular weight is 330 g/mol. The maximum Gasteiger partial charge on any atom is 0.0662 e. The van der Waals surface area contributed by atoms with E-state index in [9.17, 15) is 0 Å². The molecule has 0 bridgehead atoms. The molecule has 0 fully saturated rings. The highest BCUT2D eigenvalue weighted by atomic mass is 79.9. The quantitative estimate of drug-likeness (QED) is 0.719. The Morgan fingerprint density at radius 1 is 1.40 bits per heavy atom. The number of hydrogen-bond donors (Lipinski definition) is 0. The molecular formula is C6H4Br3N. The number of pyridine rings is 1. The summed E-state index contributed by atoms with van der Waals surface area (Å²) in [4.78, 5) is 4.13. The van der Waals surface area contributed by atoms with E-state index in [-0.39, 0.29) is 0 Å². The molecule has 0 saturated heterocycles. The largest absolute Gasteiger partial charge is 0.259 e. The van der Waals surface area contributed by atoms with Crippen molar-refractivity contribution in [2.45, 2.75) is 5.33 Å². The fraction of sp³-hybridized carbons (Fsp3) is 0.167. The number of nitrogens with zero attached hydrogens (tertiary/aromatic N) is 1. The summed E-state index contributed by atoms with van der Waals surface area (Å²) >= 11 is 10.1. The average Bonchev–Trinajstić information content (AvgIpc) is 1.95. The van der Waals surface area contributed by atoms with Crippen molar-refractivity contribution >= 4 is 47.8 Å². The van der Waals surface area contributed by atoms with Gasteiger partial charge in [-0.25, -0.2) is 0 Å². The molecule has 0 aliphatic rings. The van der Waals surface area contributed by atoms with Crippen LogP contribution in [0.25, 0.3) is 0 Å². The van der Waals surface area contributed by atoms with Gasteiger partial charge < -0.3 is 0 Å². The first-order valence-electron chi connectivity index (χ1n) is 2.60. The van der Waals surface area contributed by atoms with Crippen molar-refractivity contribution in [1.29, 1.82) is 0 Å². The van der Waals surface area contributed by atoms with Gasteiger partial charge in [0, 0.05) is 16.0 Å². The predicted octanol–water partition coefficient (Wildman–Crippen LogP) is 3.50. The molecule has 0 atom stereocenters. The molecule has 10 heavy (non-hydrogen) atoms. The van der Waals surface area contributed by atoms with Gasteiger partial charge >= 0.3 is 0 Å². The number of halogens is 3. The highest BCUT2D eigenvalue weighted by molar-refractivity contribution is 9.13. The molecule has 0 unspecified atom stereocenters. The van der Waals surface area contributed by atoms with Crippen molar-refractivity contribution < 1.29 is 0 Å². The Hall–Kier alpha value is 0.590. The Labute approximate surface area is 84.6 Å². The van der Waals surface area contributed by atoms with Crippen molar-refractivity contribution in [2.24, 2.45) is 0 Å². The lowest BCUT2D eigenvalue weighted by Gasteiger charge is -1.99. The maximum atomic E-state index is 4.13. The molecule has 1 rings (SSSR count). The van der Waals surface area contributed by atoms with E-state index in [0.717, 1.165) is 20.0 Å². The van der Waals surface area contributed by atoms with E-state index in [1.807, 2.05) is 6.07 Å². The van der Waals surface area contributed by atoms with E-state index in [2.05, 4.69) is 52.8 Å². The minimum Gasteiger partial charge on any atom is -0.259 e. The summed E-state index contributed by atoms with van der Waals surface area (Å²) in [6, 6.07) is 1.90. The van der Waals surface area contributed by atoms with Crippen LogP contribution in [0.15, 0.2) is 21.2 Å². The monoisotopic (exact) mass is 327 g/mol.